The van der Waals surface area contributed by atoms with Crippen LogP contribution in [0.15, 0.2) is 65.8 Å². The Balaban J connectivity index is 1.70. The Hall–Kier alpha value is -3.96. The summed E-state index contributed by atoms with van der Waals surface area (Å²) < 4.78 is 48.0. The van der Waals surface area contributed by atoms with Gasteiger partial charge in [-0.3, -0.25) is 9.10 Å². The summed E-state index contributed by atoms with van der Waals surface area (Å²) in [7, 11) is -0.989. The number of amides is 1. The molecule has 12 heteroatoms. The number of hydrazone groups is 1. The number of nitrogens with one attached hydrogen (secondary N) is 1. The molecule has 0 atom stereocenters. The molecule has 0 spiro atoms. The molecule has 208 valence electrons. The van der Waals surface area contributed by atoms with Gasteiger partial charge in [-0.1, -0.05) is 23.7 Å². The van der Waals surface area contributed by atoms with Crippen LogP contribution in [0.1, 0.15) is 18.1 Å². The molecule has 1 amide bonds. The minimum absolute atomic E-state index is 0.161. The van der Waals surface area contributed by atoms with E-state index in [0.29, 0.717) is 41.0 Å². The maximum Gasteiger partial charge on any atom is 0.260 e. The van der Waals surface area contributed by atoms with Crippen LogP contribution in [0.25, 0.3) is 0 Å². The van der Waals surface area contributed by atoms with Crippen molar-refractivity contribution in [2.24, 2.45) is 5.10 Å². The predicted molar refractivity (Wildman–Crippen MR) is 151 cm³/mol. The fourth-order valence-corrected chi connectivity index (χ4v) is 4.43. The van der Waals surface area contributed by atoms with Crippen LogP contribution in [-0.2, 0) is 21.4 Å². The van der Waals surface area contributed by atoms with E-state index in [1.54, 1.807) is 42.5 Å². The van der Waals surface area contributed by atoms with Crippen LogP contribution < -0.4 is 28.7 Å². The van der Waals surface area contributed by atoms with E-state index in [4.69, 9.17) is 30.5 Å². The average molecular weight is 576 g/mol. The number of ether oxygens (including phenoxy) is 4. The second-order valence-corrected chi connectivity index (χ2v) is 10.5. The van der Waals surface area contributed by atoms with Crippen molar-refractivity contribution in [3.8, 4) is 23.0 Å². The molecule has 10 nitrogen and oxygen atoms in total. The summed E-state index contributed by atoms with van der Waals surface area (Å²) in [5.41, 5.74) is 4.10. The maximum absolute atomic E-state index is 12.6. The number of hydrogen-bond acceptors (Lipinski definition) is 8. The zero-order valence-corrected chi connectivity index (χ0v) is 23.6. The molecule has 3 aromatic rings. The van der Waals surface area contributed by atoms with E-state index in [0.717, 1.165) is 16.1 Å². The third-order valence-corrected chi connectivity index (χ3v) is 6.70. The van der Waals surface area contributed by atoms with Gasteiger partial charge in [0.15, 0.2) is 11.5 Å². The zero-order valence-electron chi connectivity index (χ0n) is 22.0. The van der Waals surface area contributed by atoms with E-state index in [9.17, 15) is 13.2 Å². The molecule has 3 rings (SSSR count). The van der Waals surface area contributed by atoms with Crippen molar-refractivity contribution < 1.29 is 32.2 Å². The molecule has 0 unspecified atom stereocenters. The standard InChI is InChI=1S/C27H30ClN3O7S/c1-5-37-26-14-20(8-12-25(26)38-18-19-6-9-21(28)10-7-19)16-29-30-27(32)17-31(39(4,33)34)23-15-22(35-2)11-13-24(23)36-3/h6-16H,5,17-18H2,1-4H3,(H,30,32)/b29-16-. The number of carbonyl (C=O) groups excluding carboxylic acids is 1. The molecule has 0 radical (unpaired) electrons. The third-order valence-electron chi connectivity index (χ3n) is 5.32. The van der Waals surface area contributed by atoms with E-state index < -0.39 is 22.5 Å². The highest BCUT2D eigenvalue weighted by Gasteiger charge is 2.24. The van der Waals surface area contributed by atoms with Crippen molar-refractivity contribution >= 4 is 39.4 Å². The van der Waals surface area contributed by atoms with Crippen molar-refractivity contribution in [3.05, 3.63) is 76.8 Å². The molecular formula is C27H30ClN3O7S. The second-order valence-electron chi connectivity index (χ2n) is 8.15. The van der Waals surface area contributed by atoms with Crippen LogP contribution in [0.3, 0.4) is 0 Å². The number of carbonyl (C=O) groups is 1. The Bertz CT molecular complexity index is 1410. The Labute approximate surface area is 233 Å². The molecular weight excluding hydrogens is 546 g/mol. The third kappa shape index (κ3) is 8.52. The predicted octanol–water partition coefficient (Wildman–Crippen LogP) is 4.25. The molecule has 0 aliphatic rings. The fraction of sp³-hybridized carbons (Fsp3) is 0.259. The summed E-state index contributed by atoms with van der Waals surface area (Å²) in [5.74, 6) is 1.07. The summed E-state index contributed by atoms with van der Waals surface area (Å²) in [5, 5.41) is 4.62. The Morgan fingerprint density at radius 2 is 1.69 bits per heavy atom. The normalized spacial score (nSPS) is 11.2. The zero-order chi connectivity index (χ0) is 28.4. The van der Waals surface area contributed by atoms with Crippen molar-refractivity contribution in [3.63, 3.8) is 0 Å². The molecule has 0 heterocycles. The van der Waals surface area contributed by atoms with Gasteiger partial charge in [-0.25, -0.2) is 13.8 Å². The number of methoxy groups -OCH3 is 2. The van der Waals surface area contributed by atoms with Gasteiger partial charge in [-0.15, -0.1) is 0 Å². The molecule has 0 aromatic heterocycles. The molecule has 0 bridgehead atoms. The van der Waals surface area contributed by atoms with Gasteiger partial charge in [0.1, 0.15) is 24.7 Å². The van der Waals surface area contributed by atoms with E-state index in [2.05, 4.69) is 10.5 Å². The molecule has 1 N–H and O–H groups in total. The van der Waals surface area contributed by atoms with Crippen molar-refractivity contribution in [1.82, 2.24) is 5.43 Å². The van der Waals surface area contributed by atoms with E-state index >= 15 is 0 Å². The largest absolute Gasteiger partial charge is 0.497 e. The number of anilines is 1. The number of rotatable bonds is 13. The van der Waals surface area contributed by atoms with Crippen LogP contribution >= 0.6 is 11.6 Å². The van der Waals surface area contributed by atoms with Gasteiger partial charge in [0.25, 0.3) is 5.91 Å². The van der Waals surface area contributed by atoms with Crippen LogP contribution in [-0.4, -0.2) is 54.2 Å². The lowest BCUT2D eigenvalue weighted by atomic mass is 10.2. The van der Waals surface area contributed by atoms with Gasteiger partial charge in [0, 0.05) is 11.1 Å². The summed E-state index contributed by atoms with van der Waals surface area (Å²) in [6.45, 7) is 2.08. The highest BCUT2D eigenvalue weighted by atomic mass is 35.5. The van der Waals surface area contributed by atoms with Crippen LogP contribution in [0.2, 0.25) is 5.02 Å². The Kier molecular flexibility index (Phi) is 10.4. The van der Waals surface area contributed by atoms with Crippen molar-refractivity contribution in [2.75, 3.05) is 37.9 Å². The Morgan fingerprint density at radius 1 is 0.974 bits per heavy atom. The lowest BCUT2D eigenvalue weighted by molar-refractivity contribution is -0.119. The number of sulfonamides is 1. The quantitative estimate of drug-likeness (QED) is 0.239. The van der Waals surface area contributed by atoms with Gasteiger partial charge in [0.2, 0.25) is 10.0 Å². The average Bonchev–Trinajstić information content (AvgIpc) is 2.91. The second kappa shape index (κ2) is 13.7. The lowest BCUT2D eigenvalue weighted by Crippen LogP contribution is -2.39. The SMILES string of the molecule is CCOc1cc(/C=N\NC(=O)CN(c2cc(OC)ccc2OC)S(C)(=O)=O)ccc1OCc1ccc(Cl)cc1. The van der Waals surface area contributed by atoms with E-state index in [1.165, 1.54) is 26.5 Å². The van der Waals surface area contributed by atoms with Gasteiger partial charge in [0.05, 0.1) is 39.0 Å². The highest BCUT2D eigenvalue weighted by molar-refractivity contribution is 7.92. The van der Waals surface area contributed by atoms with Crippen LogP contribution in [0.5, 0.6) is 23.0 Å². The molecule has 0 saturated heterocycles. The molecule has 0 saturated carbocycles. The first kappa shape index (κ1) is 29.6. The van der Waals surface area contributed by atoms with E-state index in [1.807, 2.05) is 19.1 Å². The molecule has 3 aromatic carbocycles. The van der Waals surface area contributed by atoms with Crippen LogP contribution in [0.4, 0.5) is 5.69 Å². The Morgan fingerprint density at radius 3 is 2.33 bits per heavy atom. The highest BCUT2D eigenvalue weighted by Crippen LogP contribution is 2.33. The summed E-state index contributed by atoms with van der Waals surface area (Å²) in [6.07, 6.45) is 2.41. The number of benzene rings is 3. The van der Waals surface area contributed by atoms with Crippen molar-refractivity contribution in [2.45, 2.75) is 13.5 Å². The molecule has 39 heavy (non-hydrogen) atoms. The lowest BCUT2D eigenvalue weighted by Gasteiger charge is -2.23. The maximum atomic E-state index is 12.6. The van der Waals surface area contributed by atoms with Gasteiger partial charge < -0.3 is 18.9 Å². The molecule has 0 fully saturated rings. The fourth-order valence-electron chi connectivity index (χ4n) is 3.45. The minimum atomic E-state index is -3.84. The first-order chi connectivity index (χ1) is 18.6. The number of halogens is 1. The monoisotopic (exact) mass is 575 g/mol. The summed E-state index contributed by atoms with van der Waals surface area (Å²) in [6, 6.07) is 17.2. The van der Waals surface area contributed by atoms with Crippen molar-refractivity contribution in [1.29, 1.82) is 0 Å². The van der Waals surface area contributed by atoms with Gasteiger partial charge in [-0.2, -0.15) is 5.10 Å². The first-order valence-electron chi connectivity index (χ1n) is 11.8. The number of nitrogens with zero attached hydrogens (tertiary/aromatic N) is 2. The molecule has 0 aliphatic carbocycles. The van der Waals surface area contributed by atoms with E-state index in [-0.39, 0.29) is 11.4 Å². The topological polar surface area (TPSA) is 116 Å². The van der Waals surface area contributed by atoms with Gasteiger partial charge >= 0.3 is 0 Å². The number of hydrogen-bond donors (Lipinski definition) is 1. The van der Waals surface area contributed by atoms with Crippen LogP contribution in [0, 0.1) is 0 Å². The minimum Gasteiger partial charge on any atom is -0.497 e. The molecule has 0 aliphatic heterocycles. The first-order valence-corrected chi connectivity index (χ1v) is 14.0. The van der Waals surface area contributed by atoms with Gasteiger partial charge in [-0.05, 0) is 60.5 Å². The smallest absolute Gasteiger partial charge is 0.260 e. The summed E-state index contributed by atoms with van der Waals surface area (Å²) >= 11 is 5.93. The summed E-state index contributed by atoms with van der Waals surface area (Å²) in [4.78, 5) is 12.6.